The molecule has 0 bridgehead atoms. The van der Waals surface area contributed by atoms with Gasteiger partial charge in [-0.2, -0.15) is 0 Å². The fourth-order valence-corrected chi connectivity index (χ4v) is 2.09. The molecule has 2 N–H and O–H groups in total. The Balaban J connectivity index is 2.05. The van der Waals surface area contributed by atoms with Crippen LogP contribution < -0.4 is 5.32 Å². The Labute approximate surface area is 99.0 Å². The summed E-state index contributed by atoms with van der Waals surface area (Å²) in [7, 11) is 0. The summed E-state index contributed by atoms with van der Waals surface area (Å²) in [6, 6.07) is 6.12. The van der Waals surface area contributed by atoms with E-state index < -0.39 is 6.09 Å². The van der Waals surface area contributed by atoms with Crippen molar-refractivity contribution in [2.75, 3.05) is 19.6 Å². The summed E-state index contributed by atoms with van der Waals surface area (Å²) in [5.41, 5.74) is 0.950. The first-order chi connectivity index (χ1) is 8.16. The summed E-state index contributed by atoms with van der Waals surface area (Å²) in [4.78, 5) is 12.5. The molecule has 1 amide bonds. The highest BCUT2D eigenvalue weighted by atomic mass is 19.1. The average Bonchev–Trinajstić information content (AvgIpc) is 2.32. The number of halogens is 1. The van der Waals surface area contributed by atoms with Crippen LogP contribution in [0.5, 0.6) is 0 Å². The van der Waals surface area contributed by atoms with Crippen LogP contribution in [0, 0.1) is 5.82 Å². The maximum Gasteiger partial charge on any atom is 0.407 e. The molecular formula is C12H15FN2O2. The van der Waals surface area contributed by atoms with Crippen molar-refractivity contribution in [2.24, 2.45) is 0 Å². The molecule has 1 fully saturated rings. The van der Waals surface area contributed by atoms with Crippen molar-refractivity contribution in [1.82, 2.24) is 10.2 Å². The second-order valence-electron chi connectivity index (χ2n) is 4.16. The van der Waals surface area contributed by atoms with Crippen LogP contribution in [-0.2, 0) is 6.42 Å². The van der Waals surface area contributed by atoms with Crippen molar-refractivity contribution < 1.29 is 14.3 Å². The molecule has 92 valence electrons. The van der Waals surface area contributed by atoms with Gasteiger partial charge in [0.1, 0.15) is 5.82 Å². The average molecular weight is 238 g/mol. The fourth-order valence-electron chi connectivity index (χ4n) is 2.09. The Hall–Kier alpha value is -1.62. The topological polar surface area (TPSA) is 52.6 Å². The van der Waals surface area contributed by atoms with Crippen LogP contribution in [-0.4, -0.2) is 41.8 Å². The molecule has 4 nitrogen and oxygen atoms in total. The van der Waals surface area contributed by atoms with E-state index in [4.69, 9.17) is 5.11 Å². The molecule has 2 rings (SSSR count). The lowest BCUT2D eigenvalue weighted by atomic mass is 10.0. The van der Waals surface area contributed by atoms with Crippen molar-refractivity contribution in [3.8, 4) is 0 Å². The first kappa shape index (κ1) is 11.9. The molecule has 0 aliphatic carbocycles. The van der Waals surface area contributed by atoms with E-state index in [0.29, 0.717) is 26.1 Å². The standard InChI is InChI=1S/C12H15FN2O2/c13-10-3-1-9(2-4-10)7-11-8-14-5-6-15(11)12(16)17/h1-4,11,14H,5-8H2,(H,16,17). The van der Waals surface area contributed by atoms with E-state index in [2.05, 4.69) is 5.32 Å². The third-order valence-electron chi connectivity index (χ3n) is 2.98. The number of carbonyl (C=O) groups is 1. The summed E-state index contributed by atoms with van der Waals surface area (Å²) < 4.78 is 12.8. The van der Waals surface area contributed by atoms with Gasteiger partial charge < -0.3 is 15.3 Å². The first-order valence-electron chi connectivity index (χ1n) is 5.61. The molecule has 1 aliphatic rings. The predicted molar refractivity (Wildman–Crippen MR) is 61.5 cm³/mol. The third kappa shape index (κ3) is 2.94. The second kappa shape index (κ2) is 5.14. The zero-order valence-electron chi connectivity index (χ0n) is 9.40. The Bertz CT molecular complexity index is 394. The summed E-state index contributed by atoms with van der Waals surface area (Å²) >= 11 is 0. The van der Waals surface area contributed by atoms with Gasteiger partial charge in [-0.05, 0) is 24.1 Å². The Morgan fingerprint density at radius 1 is 1.47 bits per heavy atom. The molecule has 17 heavy (non-hydrogen) atoms. The Morgan fingerprint density at radius 2 is 2.18 bits per heavy atom. The summed E-state index contributed by atoms with van der Waals surface area (Å²) in [5, 5.41) is 12.2. The number of hydrogen-bond donors (Lipinski definition) is 2. The van der Waals surface area contributed by atoms with E-state index in [1.807, 2.05) is 0 Å². The van der Waals surface area contributed by atoms with Crippen LogP contribution >= 0.6 is 0 Å². The van der Waals surface area contributed by atoms with Crippen LogP contribution in [0.1, 0.15) is 5.56 Å². The van der Waals surface area contributed by atoms with Crippen molar-refractivity contribution in [3.05, 3.63) is 35.6 Å². The van der Waals surface area contributed by atoms with Crippen molar-refractivity contribution in [1.29, 1.82) is 0 Å². The van der Waals surface area contributed by atoms with Gasteiger partial charge in [-0.3, -0.25) is 0 Å². The number of amides is 1. The molecule has 1 atom stereocenters. The highest BCUT2D eigenvalue weighted by Gasteiger charge is 2.26. The van der Waals surface area contributed by atoms with Crippen LogP contribution in [0.2, 0.25) is 0 Å². The minimum Gasteiger partial charge on any atom is -0.465 e. The van der Waals surface area contributed by atoms with Gasteiger partial charge in [0, 0.05) is 19.6 Å². The summed E-state index contributed by atoms with van der Waals surface area (Å²) in [6.45, 7) is 1.83. The van der Waals surface area contributed by atoms with Gasteiger partial charge in [0.25, 0.3) is 0 Å². The second-order valence-corrected chi connectivity index (χ2v) is 4.16. The lowest BCUT2D eigenvalue weighted by Crippen LogP contribution is -2.54. The van der Waals surface area contributed by atoms with E-state index in [9.17, 15) is 9.18 Å². The van der Waals surface area contributed by atoms with Gasteiger partial charge >= 0.3 is 6.09 Å². The predicted octanol–water partition coefficient (Wildman–Crippen LogP) is 1.32. The highest BCUT2D eigenvalue weighted by Crippen LogP contribution is 2.12. The van der Waals surface area contributed by atoms with Gasteiger partial charge in [0.05, 0.1) is 6.04 Å². The minimum atomic E-state index is -0.890. The SMILES string of the molecule is O=C(O)N1CCNCC1Cc1ccc(F)cc1. The summed E-state index contributed by atoms with van der Waals surface area (Å²) in [5.74, 6) is -0.273. The van der Waals surface area contributed by atoms with Gasteiger partial charge in [-0.15, -0.1) is 0 Å². The Morgan fingerprint density at radius 3 is 2.82 bits per heavy atom. The number of piperazine rings is 1. The molecule has 0 radical (unpaired) electrons. The number of nitrogens with one attached hydrogen (secondary N) is 1. The van der Waals surface area contributed by atoms with Crippen LogP contribution in [0.4, 0.5) is 9.18 Å². The number of benzene rings is 1. The zero-order valence-corrected chi connectivity index (χ0v) is 9.40. The zero-order chi connectivity index (χ0) is 12.3. The molecule has 1 aliphatic heterocycles. The van der Waals surface area contributed by atoms with E-state index in [-0.39, 0.29) is 11.9 Å². The number of nitrogens with zero attached hydrogens (tertiary/aromatic N) is 1. The third-order valence-corrected chi connectivity index (χ3v) is 2.98. The quantitative estimate of drug-likeness (QED) is 0.817. The molecule has 1 heterocycles. The van der Waals surface area contributed by atoms with Crippen molar-refractivity contribution >= 4 is 6.09 Å². The van der Waals surface area contributed by atoms with Gasteiger partial charge in [-0.25, -0.2) is 9.18 Å². The minimum absolute atomic E-state index is 0.0771. The van der Waals surface area contributed by atoms with Crippen LogP contribution in [0.15, 0.2) is 24.3 Å². The molecule has 1 saturated heterocycles. The molecule has 0 saturated carbocycles. The largest absolute Gasteiger partial charge is 0.465 e. The lowest BCUT2D eigenvalue weighted by Gasteiger charge is -2.34. The maximum atomic E-state index is 12.8. The molecule has 1 aromatic rings. The monoisotopic (exact) mass is 238 g/mol. The summed E-state index contributed by atoms with van der Waals surface area (Å²) in [6.07, 6.45) is -0.279. The normalized spacial score (nSPS) is 20.3. The van der Waals surface area contributed by atoms with E-state index in [1.54, 1.807) is 12.1 Å². The first-order valence-corrected chi connectivity index (χ1v) is 5.61. The molecule has 0 aromatic heterocycles. The number of carboxylic acid groups (broad SMARTS) is 1. The molecular weight excluding hydrogens is 223 g/mol. The molecule has 1 unspecified atom stereocenters. The van der Waals surface area contributed by atoms with Crippen LogP contribution in [0.25, 0.3) is 0 Å². The highest BCUT2D eigenvalue weighted by molar-refractivity contribution is 5.65. The van der Waals surface area contributed by atoms with E-state index in [1.165, 1.54) is 17.0 Å². The van der Waals surface area contributed by atoms with E-state index in [0.717, 1.165) is 5.56 Å². The molecule has 5 heteroatoms. The van der Waals surface area contributed by atoms with Gasteiger partial charge in [0.15, 0.2) is 0 Å². The maximum absolute atomic E-state index is 12.8. The van der Waals surface area contributed by atoms with Gasteiger partial charge in [-0.1, -0.05) is 12.1 Å². The van der Waals surface area contributed by atoms with Crippen molar-refractivity contribution in [2.45, 2.75) is 12.5 Å². The fraction of sp³-hybridized carbons (Fsp3) is 0.417. The smallest absolute Gasteiger partial charge is 0.407 e. The van der Waals surface area contributed by atoms with E-state index >= 15 is 0 Å². The Kier molecular flexibility index (Phi) is 3.58. The van der Waals surface area contributed by atoms with Crippen LogP contribution in [0.3, 0.4) is 0 Å². The molecule has 0 spiro atoms. The molecule has 1 aromatic carbocycles. The number of hydrogen-bond acceptors (Lipinski definition) is 2. The van der Waals surface area contributed by atoms with Crippen molar-refractivity contribution in [3.63, 3.8) is 0 Å². The number of rotatable bonds is 2. The van der Waals surface area contributed by atoms with Gasteiger partial charge in [0.2, 0.25) is 0 Å². The lowest BCUT2D eigenvalue weighted by molar-refractivity contribution is 0.112.